The molecule has 2 fully saturated rings. The monoisotopic (exact) mass is 393 g/mol. The molecule has 3 rings (SSSR count). The summed E-state index contributed by atoms with van der Waals surface area (Å²) in [6.45, 7) is 4.09. The van der Waals surface area contributed by atoms with E-state index in [1.165, 1.54) is 23.1 Å². The minimum atomic E-state index is -1.07. The maximum atomic E-state index is 13.8. The van der Waals surface area contributed by atoms with E-state index in [9.17, 15) is 23.2 Å². The van der Waals surface area contributed by atoms with Crippen LogP contribution in [-0.2, 0) is 16.0 Å². The van der Waals surface area contributed by atoms with E-state index < -0.39 is 29.1 Å². The summed E-state index contributed by atoms with van der Waals surface area (Å²) in [6, 6.07) is 3.28. The molecule has 1 unspecified atom stereocenters. The van der Waals surface area contributed by atoms with Gasteiger partial charge in [-0.25, -0.2) is 13.6 Å². The normalized spacial score (nSPS) is 21.8. The molecule has 2 saturated heterocycles. The lowest BCUT2D eigenvalue weighted by Gasteiger charge is -2.35. The molecule has 0 aliphatic carbocycles. The summed E-state index contributed by atoms with van der Waals surface area (Å²) >= 11 is 0. The summed E-state index contributed by atoms with van der Waals surface area (Å²) in [5.74, 6) is -1.60. The maximum absolute atomic E-state index is 13.8. The van der Waals surface area contributed by atoms with Crippen LogP contribution in [0.3, 0.4) is 0 Å². The molecule has 152 valence electrons. The Morgan fingerprint density at radius 1 is 1.25 bits per heavy atom. The molecule has 1 aromatic rings. The molecule has 0 spiro atoms. The number of rotatable bonds is 5. The summed E-state index contributed by atoms with van der Waals surface area (Å²) in [6.07, 6.45) is 2.54. The van der Waals surface area contributed by atoms with Gasteiger partial charge < -0.3 is 9.80 Å². The smallest absolute Gasteiger partial charge is 0.325 e. The first-order valence-corrected chi connectivity index (χ1v) is 9.54. The topological polar surface area (TPSA) is 69.7 Å². The highest BCUT2D eigenvalue weighted by atomic mass is 19.1. The van der Waals surface area contributed by atoms with Gasteiger partial charge in [0.25, 0.3) is 5.91 Å². The van der Waals surface area contributed by atoms with Crippen LogP contribution in [-0.4, -0.2) is 52.8 Å². The average Bonchev–Trinajstić information content (AvgIpc) is 2.83. The first-order valence-electron chi connectivity index (χ1n) is 9.54. The number of hydrogen-bond acceptors (Lipinski definition) is 3. The van der Waals surface area contributed by atoms with Gasteiger partial charge in [0, 0.05) is 18.7 Å². The zero-order valence-corrected chi connectivity index (χ0v) is 16.1. The fourth-order valence-electron chi connectivity index (χ4n) is 3.85. The van der Waals surface area contributed by atoms with Gasteiger partial charge in [-0.2, -0.15) is 0 Å². The second-order valence-corrected chi connectivity index (χ2v) is 7.99. The highest BCUT2D eigenvalue weighted by molar-refractivity contribution is 6.07. The number of halogens is 2. The van der Waals surface area contributed by atoms with Gasteiger partial charge in [-0.3, -0.25) is 14.9 Å². The van der Waals surface area contributed by atoms with Crippen molar-refractivity contribution in [2.75, 3.05) is 19.6 Å². The number of carbonyl (C=O) groups is 3. The Labute approximate surface area is 162 Å². The van der Waals surface area contributed by atoms with E-state index in [1.54, 1.807) is 18.7 Å². The van der Waals surface area contributed by atoms with Crippen molar-refractivity contribution in [3.63, 3.8) is 0 Å². The fourth-order valence-corrected chi connectivity index (χ4v) is 3.85. The number of benzene rings is 1. The van der Waals surface area contributed by atoms with Crippen LogP contribution < -0.4 is 5.32 Å². The number of nitrogens with zero attached hydrogens (tertiary/aromatic N) is 2. The predicted molar refractivity (Wildman–Crippen MR) is 98.3 cm³/mol. The number of likely N-dealkylation sites (tertiary alicyclic amines) is 1. The average molecular weight is 393 g/mol. The minimum Gasteiger partial charge on any atom is -0.341 e. The van der Waals surface area contributed by atoms with E-state index in [-0.39, 0.29) is 30.4 Å². The lowest BCUT2D eigenvalue weighted by Crippen LogP contribution is -2.51. The molecular formula is C20H25F2N3O3. The van der Waals surface area contributed by atoms with Gasteiger partial charge in [-0.05, 0) is 57.6 Å². The van der Waals surface area contributed by atoms with Gasteiger partial charge >= 0.3 is 6.03 Å². The summed E-state index contributed by atoms with van der Waals surface area (Å²) in [5.41, 5.74) is -0.982. The molecule has 8 heteroatoms. The van der Waals surface area contributed by atoms with E-state index in [0.29, 0.717) is 19.5 Å². The molecule has 2 aliphatic rings. The van der Waals surface area contributed by atoms with Gasteiger partial charge in [0.05, 0.1) is 0 Å². The van der Waals surface area contributed by atoms with Crippen LogP contribution in [0.5, 0.6) is 0 Å². The second kappa shape index (κ2) is 7.85. The molecule has 6 nitrogen and oxygen atoms in total. The zero-order chi connectivity index (χ0) is 20.5. The van der Waals surface area contributed by atoms with E-state index in [2.05, 4.69) is 5.32 Å². The van der Waals surface area contributed by atoms with Crippen LogP contribution in [0.15, 0.2) is 18.2 Å². The van der Waals surface area contributed by atoms with Gasteiger partial charge in [0.1, 0.15) is 23.7 Å². The first kappa shape index (κ1) is 20.2. The van der Waals surface area contributed by atoms with Crippen molar-refractivity contribution in [3.05, 3.63) is 35.4 Å². The number of piperidine rings is 1. The molecule has 0 aromatic heterocycles. The third-order valence-corrected chi connectivity index (χ3v) is 5.73. The molecule has 2 heterocycles. The Hall–Kier alpha value is -2.51. The molecule has 1 atom stereocenters. The second-order valence-electron chi connectivity index (χ2n) is 7.99. The number of urea groups is 1. The molecule has 1 aromatic carbocycles. The Kier molecular flexibility index (Phi) is 5.67. The van der Waals surface area contributed by atoms with E-state index in [4.69, 9.17) is 0 Å². The van der Waals surface area contributed by atoms with Gasteiger partial charge in [0.15, 0.2) is 0 Å². The van der Waals surface area contributed by atoms with Crippen molar-refractivity contribution in [1.82, 2.24) is 15.1 Å². The SMILES string of the molecule is CC1(C)C(=O)NC(=O)N1CC(=O)N1CCCC(CCc2c(F)cccc2F)C1. The lowest BCUT2D eigenvalue weighted by molar-refractivity contribution is -0.135. The molecule has 4 amide bonds. The highest BCUT2D eigenvalue weighted by Crippen LogP contribution is 2.25. The summed E-state index contributed by atoms with van der Waals surface area (Å²) < 4.78 is 27.6. The van der Waals surface area contributed by atoms with Crippen LogP contribution in [0.1, 0.15) is 38.7 Å². The number of nitrogens with one attached hydrogen (secondary N) is 1. The molecule has 0 saturated carbocycles. The van der Waals surface area contributed by atoms with Crippen molar-refractivity contribution in [3.8, 4) is 0 Å². The summed E-state index contributed by atoms with van der Waals surface area (Å²) in [5, 5.41) is 2.23. The zero-order valence-electron chi connectivity index (χ0n) is 16.1. The third-order valence-electron chi connectivity index (χ3n) is 5.73. The number of carbonyl (C=O) groups excluding carboxylic acids is 3. The van der Waals surface area contributed by atoms with Gasteiger partial charge in [0.2, 0.25) is 5.91 Å². The van der Waals surface area contributed by atoms with Crippen LogP contribution in [0.4, 0.5) is 13.6 Å². The first-order chi connectivity index (χ1) is 13.2. The molecular weight excluding hydrogens is 368 g/mol. The quantitative estimate of drug-likeness (QED) is 0.782. The van der Waals surface area contributed by atoms with Crippen molar-refractivity contribution >= 4 is 17.8 Å². The molecule has 28 heavy (non-hydrogen) atoms. The Morgan fingerprint density at radius 3 is 2.54 bits per heavy atom. The molecule has 1 N–H and O–H groups in total. The number of amides is 4. The molecule has 0 radical (unpaired) electrons. The van der Waals surface area contributed by atoms with Crippen LogP contribution >= 0.6 is 0 Å². The van der Waals surface area contributed by atoms with Gasteiger partial charge in [-0.1, -0.05) is 6.07 Å². The number of hydrogen-bond donors (Lipinski definition) is 1. The standard InChI is InChI=1S/C20H25F2N3O3/c1-20(2)18(27)23-19(28)25(20)12-17(26)24-10-4-5-13(11-24)8-9-14-15(21)6-3-7-16(14)22/h3,6-7,13H,4-5,8-12H2,1-2H3,(H,23,27,28). The fraction of sp³-hybridized carbons (Fsp3) is 0.550. The lowest BCUT2D eigenvalue weighted by atomic mass is 9.91. The van der Waals surface area contributed by atoms with Crippen molar-refractivity contribution in [2.24, 2.45) is 5.92 Å². The number of imide groups is 1. The third kappa shape index (κ3) is 4.00. The molecule has 0 bridgehead atoms. The highest BCUT2D eigenvalue weighted by Gasteiger charge is 2.46. The van der Waals surface area contributed by atoms with Crippen molar-refractivity contribution in [2.45, 2.75) is 45.1 Å². The molecule has 2 aliphatic heterocycles. The Bertz CT molecular complexity index is 777. The van der Waals surface area contributed by atoms with Crippen LogP contribution in [0.2, 0.25) is 0 Å². The largest absolute Gasteiger partial charge is 0.341 e. The van der Waals surface area contributed by atoms with Crippen molar-refractivity contribution in [1.29, 1.82) is 0 Å². The predicted octanol–water partition coefficient (Wildman–Crippen LogP) is 2.47. The van der Waals surface area contributed by atoms with Crippen LogP contribution in [0.25, 0.3) is 0 Å². The van der Waals surface area contributed by atoms with Crippen molar-refractivity contribution < 1.29 is 23.2 Å². The Morgan fingerprint density at radius 2 is 1.93 bits per heavy atom. The van der Waals surface area contributed by atoms with E-state index >= 15 is 0 Å². The minimum absolute atomic E-state index is 0.0833. The Balaban J connectivity index is 1.58. The van der Waals surface area contributed by atoms with Crippen LogP contribution in [0, 0.1) is 17.6 Å². The van der Waals surface area contributed by atoms with Gasteiger partial charge in [-0.15, -0.1) is 0 Å². The van der Waals surface area contributed by atoms with E-state index in [0.717, 1.165) is 12.8 Å². The maximum Gasteiger partial charge on any atom is 0.325 e. The summed E-state index contributed by atoms with van der Waals surface area (Å²) in [7, 11) is 0. The van der Waals surface area contributed by atoms with E-state index in [1.807, 2.05) is 0 Å². The summed E-state index contributed by atoms with van der Waals surface area (Å²) in [4.78, 5) is 39.4.